The molecule has 0 radical (unpaired) electrons. The van der Waals surface area contributed by atoms with Crippen LogP contribution in [0.1, 0.15) is 91.3 Å². The number of hydrogen-bond donors (Lipinski definition) is 1. The molecule has 0 bridgehead atoms. The van der Waals surface area contributed by atoms with Crippen LogP contribution in [0, 0.1) is 13.8 Å². The predicted molar refractivity (Wildman–Crippen MR) is 144 cm³/mol. The standard InChI is InChI=1S/C30H41NS/c1-6-9-30(27-12-13-29-24(7-2)10-8-11-26(29)19-27)32-20-21(3)16-28-18-22(4)25(14-15-31)17-23(28)5/h9,12-13,17-20,24H,6-8,10-11,14-16,31H2,1-5H3/b21-20+,30-9-. The van der Waals surface area contributed by atoms with E-state index in [1.807, 2.05) is 11.8 Å². The van der Waals surface area contributed by atoms with E-state index < -0.39 is 0 Å². The maximum Gasteiger partial charge on any atom is 0.0148 e. The van der Waals surface area contributed by atoms with E-state index in [2.05, 4.69) is 76.4 Å². The van der Waals surface area contributed by atoms with Gasteiger partial charge in [0.05, 0.1) is 0 Å². The van der Waals surface area contributed by atoms with Crippen LogP contribution in [0.25, 0.3) is 4.91 Å². The second-order valence-corrected chi connectivity index (χ2v) is 10.3. The Morgan fingerprint density at radius 1 is 1.09 bits per heavy atom. The van der Waals surface area contributed by atoms with Crippen LogP contribution in [0.2, 0.25) is 0 Å². The summed E-state index contributed by atoms with van der Waals surface area (Å²) in [6, 6.07) is 11.9. The number of allylic oxidation sites excluding steroid dienone is 2. The third kappa shape index (κ3) is 6.17. The lowest BCUT2D eigenvalue weighted by Gasteiger charge is -2.25. The highest BCUT2D eigenvalue weighted by molar-refractivity contribution is 8.10. The minimum atomic E-state index is 0.712. The van der Waals surface area contributed by atoms with Crippen molar-refractivity contribution in [2.24, 2.45) is 5.73 Å². The number of benzene rings is 2. The number of nitrogens with two attached hydrogens (primary N) is 1. The zero-order valence-electron chi connectivity index (χ0n) is 20.8. The first-order valence-electron chi connectivity index (χ1n) is 12.4. The average molecular weight is 448 g/mol. The Labute approximate surface area is 200 Å². The van der Waals surface area contributed by atoms with Crippen molar-refractivity contribution in [3.05, 3.63) is 86.3 Å². The number of rotatable bonds is 9. The number of thioether (sulfide) groups is 1. The lowest BCUT2D eigenvalue weighted by molar-refractivity contribution is 0.540. The molecule has 2 aromatic rings. The van der Waals surface area contributed by atoms with Crippen molar-refractivity contribution < 1.29 is 0 Å². The van der Waals surface area contributed by atoms with Gasteiger partial charge >= 0.3 is 0 Å². The van der Waals surface area contributed by atoms with Gasteiger partial charge in [-0.15, -0.1) is 0 Å². The van der Waals surface area contributed by atoms with Gasteiger partial charge in [0.2, 0.25) is 0 Å². The molecule has 0 saturated carbocycles. The van der Waals surface area contributed by atoms with Crippen LogP contribution in [0.4, 0.5) is 0 Å². The molecule has 0 aliphatic heterocycles. The summed E-state index contributed by atoms with van der Waals surface area (Å²) < 4.78 is 0. The fraction of sp³-hybridized carbons (Fsp3) is 0.467. The Kier molecular flexibility index (Phi) is 9.25. The van der Waals surface area contributed by atoms with Crippen molar-refractivity contribution in [3.8, 4) is 0 Å². The summed E-state index contributed by atoms with van der Waals surface area (Å²) in [6.07, 6.45) is 10.6. The van der Waals surface area contributed by atoms with Crippen LogP contribution in [0.15, 0.2) is 47.4 Å². The quantitative estimate of drug-likeness (QED) is 0.418. The molecule has 0 fully saturated rings. The lowest BCUT2D eigenvalue weighted by atomic mass is 9.81. The van der Waals surface area contributed by atoms with Crippen LogP contribution in [0.5, 0.6) is 0 Å². The number of aryl methyl sites for hydroxylation is 3. The van der Waals surface area contributed by atoms with Crippen molar-refractivity contribution in [2.45, 2.75) is 85.5 Å². The fourth-order valence-corrected chi connectivity index (χ4v) is 5.91. The highest BCUT2D eigenvalue weighted by atomic mass is 32.2. The van der Waals surface area contributed by atoms with Crippen LogP contribution >= 0.6 is 11.8 Å². The van der Waals surface area contributed by atoms with E-state index in [0.717, 1.165) is 25.2 Å². The van der Waals surface area contributed by atoms with Gasteiger partial charge < -0.3 is 5.73 Å². The maximum atomic E-state index is 5.77. The molecule has 2 heteroatoms. The Balaban J connectivity index is 1.76. The molecule has 1 unspecified atom stereocenters. The number of hydrogen-bond acceptors (Lipinski definition) is 2. The van der Waals surface area contributed by atoms with Crippen molar-refractivity contribution in [3.63, 3.8) is 0 Å². The highest BCUT2D eigenvalue weighted by Crippen LogP contribution is 2.38. The summed E-state index contributed by atoms with van der Waals surface area (Å²) >= 11 is 1.89. The summed E-state index contributed by atoms with van der Waals surface area (Å²) in [7, 11) is 0. The molecule has 0 saturated heterocycles. The first-order valence-corrected chi connectivity index (χ1v) is 13.3. The first kappa shape index (κ1) is 24.9. The molecular weight excluding hydrogens is 406 g/mol. The maximum absolute atomic E-state index is 5.77. The average Bonchev–Trinajstić information content (AvgIpc) is 2.79. The third-order valence-corrected chi connectivity index (χ3v) is 7.99. The molecule has 32 heavy (non-hydrogen) atoms. The first-order chi connectivity index (χ1) is 15.5. The largest absolute Gasteiger partial charge is 0.330 e. The van der Waals surface area contributed by atoms with Gasteiger partial charge in [-0.05, 0) is 123 Å². The molecule has 0 amide bonds. The molecule has 1 atom stereocenters. The van der Waals surface area contributed by atoms with Crippen LogP contribution in [0.3, 0.4) is 0 Å². The van der Waals surface area contributed by atoms with Gasteiger partial charge in [0.1, 0.15) is 0 Å². The van der Waals surface area contributed by atoms with Gasteiger partial charge in [0.25, 0.3) is 0 Å². The SMILES string of the molecule is CC/C=C(\S/C=C(\C)Cc1cc(C)c(CCN)cc1C)c1ccc2c(c1)CCCC2CC. The molecular formula is C30H41NS. The summed E-state index contributed by atoms with van der Waals surface area (Å²) in [5.41, 5.74) is 17.3. The zero-order valence-corrected chi connectivity index (χ0v) is 21.6. The summed E-state index contributed by atoms with van der Waals surface area (Å²) in [6.45, 7) is 12.0. The predicted octanol–water partition coefficient (Wildman–Crippen LogP) is 8.27. The topological polar surface area (TPSA) is 26.0 Å². The molecule has 0 aromatic heterocycles. The highest BCUT2D eigenvalue weighted by Gasteiger charge is 2.19. The molecule has 1 aliphatic rings. The molecule has 2 aromatic carbocycles. The van der Waals surface area contributed by atoms with E-state index in [-0.39, 0.29) is 0 Å². The Bertz CT molecular complexity index is 983. The Morgan fingerprint density at radius 2 is 1.84 bits per heavy atom. The molecule has 0 heterocycles. The van der Waals surface area contributed by atoms with Gasteiger partial charge in [-0.2, -0.15) is 0 Å². The van der Waals surface area contributed by atoms with Gasteiger partial charge in [0, 0.05) is 4.91 Å². The minimum Gasteiger partial charge on any atom is -0.330 e. The monoisotopic (exact) mass is 447 g/mol. The van der Waals surface area contributed by atoms with Crippen molar-refractivity contribution in [1.29, 1.82) is 0 Å². The van der Waals surface area contributed by atoms with E-state index in [9.17, 15) is 0 Å². The summed E-state index contributed by atoms with van der Waals surface area (Å²) in [5, 5.41) is 2.36. The van der Waals surface area contributed by atoms with Gasteiger partial charge in [-0.25, -0.2) is 0 Å². The van der Waals surface area contributed by atoms with Crippen molar-refractivity contribution in [1.82, 2.24) is 0 Å². The van der Waals surface area contributed by atoms with Crippen LogP contribution < -0.4 is 5.73 Å². The summed E-state index contributed by atoms with van der Waals surface area (Å²) in [5.74, 6) is 0.754. The number of fused-ring (bicyclic) bond motifs is 1. The fourth-order valence-electron chi connectivity index (χ4n) is 4.97. The molecule has 1 aliphatic carbocycles. The van der Waals surface area contributed by atoms with Crippen molar-refractivity contribution in [2.75, 3.05) is 6.54 Å². The molecule has 172 valence electrons. The van der Waals surface area contributed by atoms with E-state index in [1.54, 1.807) is 11.1 Å². The second kappa shape index (κ2) is 11.9. The molecule has 0 spiro atoms. The Hall–Kier alpha value is -1.77. The van der Waals surface area contributed by atoms with E-state index >= 15 is 0 Å². The molecule has 1 nitrogen and oxygen atoms in total. The van der Waals surface area contributed by atoms with Gasteiger partial charge in [-0.3, -0.25) is 0 Å². The van der Waals surface area contributed by atoms with E-state index in [1.165, 1.54) is 64.0 Å². The van der Waals surface area contributed by atoms with Crippen LogP contribution in [-0.2, 0) is 19.3 Å². The zero-order chi connectivity index (χ0) is 23.1. The minimum absolute atomic E-state index is 0.712. The lowest BCUT2D eigenvalue weighted by Crippen LogP contribution is -2.09. The third-order valence-electron chi connectivity index (χ3n) is 6.81. The second-order valence-electron chi connectivity index (χ2n) is 9.39. The molecule has 3 rings (SSSR count). The Morgan fingerprint density at radius 3 is 2.56 bits per heavy atom. The van der Waals surface area contributed by atoms with Gasteiger partial charge in [0.15, 0.2) is 0 Å². The van der Waals surface area contributed by atoms with E-state index in [4.69, 9.17) is 5.73 Å². The van der Waals surface area contributed by atoms with Crippen molar-refractivity contribution >= 4 is 16.7 Å². The normalized spacial score (nSPS) is 16.9. The smallest absolute Gasteiger partial charge is 0.0148 e. The summed E-state index contributed by atoms with van der Waals surface area (Å²) in [4.78, 5) is 1.39. The van der Waals surface area contributed by atoms with E-state index in [0.29, 0.717) is 6.54 Å². The van der Waals surface area contributed by atoms with Crippen LogP contribution in [-0.4, -0.2) is 6.54 Å². The molecule has 2 N–H and O–H groups in total. The van der Waals surface area contributed by atoms with Gasteiger partial charge in [-0.1, -0.05) is 67.6 Å².